The summed E-state index contributed by atoms with van der Waals surface area (Å²) in [6.07, 6.45) is 6.33. The van der Waals surface area contributed by atoms with E-state index in [0.717, 1.165) is 23.3 Å². The van der Waals surface area contributed by atoms with Crippen LogP contribution in [0.15, 0.2) is 69.9 Å². The van der Waals surface area contributed by atoms with Crippen molar-refractivity contribution in [3.8, 4) is 17.1 Å². The number of carbonyl (C=O) groups excluding carboxylic acids is 1. The van der Waals surface area contributed by atoms with Crippen LogP contribution in [0.3, 0.4) is 0 Å². The molecular formula is C28H23N3O4S. The number of furan rings is 1. The van der Waals surface area contributed by atoms with E-state index < -0.39 is 0 Å². The number of aromatic nitrogens is 3. The molecule has 5 rings (SSSR count). The summed E-state index contributed by atoms with van der Waals surface area (Å²) in [4.78, 5) is 29.3. The molecule has 0 aliphatic rings. The number of hydrogen-bond donors (Lipinski definition) is 0. The van der Waals surface area contributed by atoms with Gasteiger partial charge in [0, 0.05) is 17.2 Å². The molecule has 7 nitrogen and oxygen atoms in total. The normalized spacial score (nSPS) is 12.1. The Bertz CT molecular complexity index is 1660. The van der Waals surface area contributed by atoms with E-state index in [0.29, 0.717) is 39.0 Å². The summed E-state index contributed by atoms with van der Waals surface area (Å²) in [6.45, 7) is 4.29. The van der Waals surface area contributed by atoms with Crippen LogP contribution in [-0.2, 0) is 0 Å². The van der Waals surface area contributed by atoms with Crippen molar-refractivity contribution in [3.05, 3.63) is 98.3 Å². The van der Waals surface area contributed by atoms with E-state index >= 15 is 0 Å². The molecule has 0 atom stereocenters. The van der Waals surface area contributed by atoms with Crippen molar-refractivity contribution in [2.45, 2.75) is 20.3 Å². The van der Waals surface area contributed by atoms with Gasteiger partial charge in [0.2, 0.25) is 4.96 Å². The molecular weight excluding hydrogens is 474 g/mol. The maximum absolute atomic E-state index is 12.9. The molecule has 0 aliphatic carbocycles. The Labute approximate surface area is 211 Å². The first-order chi connectivity index (χ1) is 17.5. The number of hydrogen-bond acceptors (Lipinski definition) is 7. The molecule has 0 saturated carbocycles. The molecule has 0 unspecified atom stereocenters. The van der Waals surface area contributed by atoms with Crippen LogP contribution in [0.5, 0.6) is 5.75 Å². The highest BCUT2D eigenvalue weighted by atomic mass is 32.1. The SMILES string of the molecule is CCCOc1ccc(/C=C/c2nc3s/c(=C\c4ccc(-c5ccc(C(C)=O)cc5)o4)c(=O)n3n2)cc1. The second kappa shape index (κ2) is 10.1. The lowest BCUT2D eigenvalue weighted by Gasteiger charge is -2.03. The van der Waals surface area contributed by atoms with Crippen LogP contribution in [0.4, 0.5) is 0 Å². The molecule has 36 heavy (non-hydrogen) atoms. The lowest BCUT2D eigenvalue weighted by molar-refractivity contribution is 0.101. The van der Waals surface area contributed by atoms with Crippen molar-refractivity contribution in [1.82, 2.24) is 14.6 Å². The van der Waals surface area contributed by atoms with Gasteiger partial charge in [-0.05, 0) is 49.2 Å². The van der Waals surface area contributed by atoms with Crippen LogP contribution >= 0.6 is 11.3 Å². The number of thiazole rings is 1. The van der Waals surface area contributed by atoms with Crippen molar-refractivity contribution < 1.29 is 13.9 Å². The van der Waals surface area contributed by atoms with Gasteiger partial charge in [-0.15, -0.1) is 5.10 Å². The summed E-state index contributed by atoms with van der Waals surface area (Å²) in [5.41, 5.74) is 2.23. The fourth-order valence-corrected chi connectivity index (χ4v) is 4.46. The minimum atomic E-state index is -0.247. The smallest absolute Gasteiger partial charge is 0.291 e. The Morgan fingerprint density at radius 2 is 1.83 bits per heavy atom. The van der Waals surface area contributed by atoms with Gasteiger partial charge in [-0.25, -0.2) is 0 Å². The zero-order chi connectivity index (χ0) is 25.1. The summed E-state index contributed by atoms with van der Waals surface area (Å²) in [7, 11) is 0. The third-order valence-corrected chi connectivity index (χ3v) is 6.41. The summed E-state index contributed by atoms with van der Waals surface area (Å²) in [5.74, 6) is 2.52. The molecule has 3 aromatic heterocycles. The van der Waals surface area contributed by atoms with Gasteiger partial charge in [0.1, 0.15) is 21.8 Å². The molecule has 0 radical (unpaired) electrons. The quantitative estimate of drug-likeness (QED) is 0.277. The van der Waals surface area contributed by atoms with Crippen molar-refractivity contribution in [1.29, 1.82) is 0 Å². The minimum absolute atomic E-state index is 0.0134. The van der Waals surface area contributed by atoms with Crippen LogP contribution in [0, 0.1) is 0 Å². The number of ether oxygens (including phenoxy) is 1. The fourth-order valence-electron chi connectivity index (χ4n) is 3.57. The molecule has 0 aliphatic heterocycles. The Hall–Kier alpha value is -4.30. The van der Waals surface area contributed by atoms with Gasteiger partial charge in [0.15, 0.2) is 11.6 Å². The Balaban J connectivity index is 1.33. The standard InChI is InChI=1S/C28H23N3O4S/c1-3-16-34-22-11-4-19(5-12-22)6-15-26-29-28-31(30-26)27(33)25(36-28)17-23-13-14-24(35-23)21-9-7-20(8-10-21)18(2)32/h4-15,17H,3,16H2,1-2H3/b15-6+,25-17-. The van der Waals surface area contributed by atoms with Crippen LogP contribution in [0.2, 0.25) is 0 Å². The van der Waals surface area contributed by atoms with E-state index in [4.69, 9.17) is 9.15 Å². The average Bonchev–Trinajstić information content (AvgIpc) is 3.59. The van der Waals surface area contributed by atoms with E-state index in [2.05, 4.69) is 17.0 Å². The Morgan fingerprint density at radius 3 is 2.53 bits per heavy atom. The first-order valence-electron chi connectivity index (χ1n) is 11.5. The molecule has 8 heteroatoms. The van der Waals surface area contributed by atoms with Crippen molar-refractivity contribution >= 4 is 40.3 Å². The lowest BCUT2D eigenvalue weighted by Crippen LogP contribution is -2.23. The highest BCUT2D eigenvalue weighted by Crippen LogP contribution is 2.23. The third kappa shape index (κ3) is 5.04. The number of ketones is 1. The largest absolute Gasteiger partial charge is 0.494 e. The number of nitrogens with zero attached hydrogens (tertiary/aromatic N) is 3. The molecule has 0 saturated heterocycles. The van der Waals surface area contributed by atoms with E-state index in [-0.39, 0.29) is 11.3 Å². The summed E-state index contributed by atoms with van der Waals surface area (Å²) < 4.78 is 13.3. The minimum Gasteiger partial charge on any atom is -0.494 e. The molecule has 0 spiro atoms. The van der Waals surface area contributed by atoms with Gasteiger partial charge >= 0.3 is 0 Å². The van der Waals surface area contributed by atoms with E-state index in [9.17, 15) is 9.59 Å². The topological polar surface area (TPSA) is 86.7 Å². The average molecular weight is 498 g/mol. The maximum Gasteiger partial charge on any atom is 0.291 e. The van der Waals surface area contributed by atoms with Gasteiger partial charge in [-0.3, -0.25) is 9.59 Å². The molecule has 3 heterocycles. The second-order valence-electron chi connectivity index (χ2n) is 8.17. The first kappa shape index (κ1) is 23.4. The fraction of sp³-hybridized carbons (Fsp3) is 0.143. The Morgan fingerprint density at radius 1 is 1.06 bits per heavy atom. The summed E-state index contributed by atoms with van der Waals surface area (Å²) in [6, 6.07) is 18.6. The van der Waals surface area contributed by atoms with Crippen LogP contribution < -0.4 is 14.8 Å². The zero-order valence-electron chi connectivity index (χ0n) is 19.8. The van der Waals surface area contributed by atoms with Crippen molar-refractivity contribution in [2.75, 3.05) is 6.61 Å². The predicted octanol–water partition coefficient (Wildman–Crippen LogP) is 5.12. The first-order valence-corrected chi connectivity index (χ1v) is 12.4. The lowest BCUT2D eigenvalue weighted by atomic mass is 10.1. The van der Waals surface area contributed by atoms with Crippen LogP contribution in [-0.4, -0.2) is 27.0 Å². The molecule has 0 N–H and O–H groups in total. The molecule has 0 amide bonds. The van der Waals surface area contributed by atoms with Crippen molar-refractivity contribution in [3.63, 3.8) is 0 Å². The van der Waals surface area contributed by atoms with Crippen LogP contribution in [0.1, 0.15) is 47.8 Å². The predicted molar refractivity (Wildman–Crippen MR) is 141 cm³/mol. The van der Waals surface area contributed by atoms with Gasteiger partial charge < -0.3 is 9.15 Å². The van der Waals surface area contributed by atoms with Crippen LogP contribution in [0.25, 0.3) is 34.5 Å². The summed E-state index contributed by atoms with van der Waals surface area (Å²) in [5, 5.41) is 4.34. The third-order valence-electron chi connectivity index (χ3n) is 5.45. The van der Waals surface area contributed by atoms with Crippen molar-refractivity contribution in [2.24, 2.45) is 0 Å². The summed E-state index contributed by atoms with van der Waals surface area (Å²) >= 11 is 1.25. The van der Waals surface area contributed by atoms with Gasteiger partial charge in [0.25, 0.3) is 5.56 Å². The highest BCUT2D eigenvalue weighted by molar-refractivity contribution is 7.15. The molecule has 0 bridgehead atoms. The second-order valence-corrected chi connectivity index (χ2v) is 9.18. The molecule has 5 aromatic rings. The number of Topliss-reactive ketones (excluding diaryl/α,β-unsaturated/α-hetero) is 1. The molecule has 2 aromatic carbocycles. The Kier molecular flexibility index (Phi) is 6.60. The van der Waals surface area contributed by atoms with Gasteiger partial charge in [-0.1, -0.05) is 60.7 Å². The molecule has 0 fully saturated rings. The highest BCUT2D eigenvalue weighted by Gasteiger charge is 2.10. The number of rotatable bonds is 8. The van der Waals surface area contributed by atoms with E-state index in [1.807, 2.05) is 48.5 Å². The number of fused-ring (bicyclic) bond motifs is 1. The number of benzene rings is 2. The van der Waals surface area contributed by atoms with E-state index in [1.165, 1.54) is 22.8 Å². The monoisotopic (exact) mass is 497 g/mol. The van der Waals surface area contributed by atoms with Gasteiger partial charge in [-0.2, -0.15) is 9.50 Å². The maximum atomic E-state index is 12.9. The van der Waals surface area contributed by atoms with Gasteiger partial charge in [0.05, 0.1) is 6.61 Å². The zero-order valence-corrected chi connectivity index (χ0v) is 20.6. The van der Waals surface area contributed by atoms with E-state index in [1.54, 1.807) is 30.4 Å². The molecule has 180 valence electrons. The number of carbonyl (C=O) groups is 1.